The molecule has 1 atom stereocenters. The fourth-order valence-corrected chi connectivity index (χ4v) is 2.83. The van der Waals surface area contributed by atoms with Crippen LogP contribution in [0.5, 0.6) is 0 Å². The van der Waals surface area contributed by atoms with Gasteiger partial charge in [-0.15, -0.1) is 0 Å². The van der Waals surface area contributed by atoms with E-state index in [1.165, 1.54) is 6.07 Å². The molecule has 138 valence electrons. The second-order valence-electron chi connectivity index (χ2n) is 6.20. The Morgan fingerprint density at radius 2 is 1.96 bits per heavy atom. The molecule has 1 saturated heterocycles. The summed E-state index contributed by atoms with van der Waals surface area (Å²) in [7, 11) is 0. The van der Waals surface area contributed by atoms with E-state index in [0.717, 1.165) is 5.56 Å². The molecule has 1 amide bonds. The monoisotopic (exact) mass is 358 g/mol. The van der Waals surface area contributed by atoms with Crippen molar-refractivity contribution in [3.8, 4) is 0 Å². The predicted molar refractivity (Wildman–Crippen MR) is 96.0 cm³/mol. The minimum absolute atomic E-state index is 0.139. The lowest BCUT2D eigenvalue weighted by atomic mass is 10.2. The molecule has 0 radical (unpaired) electrons. The lowest BCUT2D eigenvalue weighted by molar-refractivity contribution is -0.0271. The molecule has 0 spiro atoms. The normalized spacial score (nSPS) is 17.1. The van der Waals surface area contributed by atoms with Gasteiger partial charge in [0, 0.05) is 25.2 Å². The van der Waals surface area contributed by atoms with Crippen molar-refractivity contribution in [2.45, 2.75) is 19.3 Å². The van der Waals surface area contributed by atoms with Gasteiger partial charge in [-0.1, -0.05) is 48.5 Å². The molecule has 1 aliphatic rings. The zero-order valence-corrected chi connectivity index (χ0v) is 14.6. The summed E-state index contributed by atoms with van der Waals surface area (Å²) in [5.74, 6) is -0.226. The highest BCUT2D eigenvalue weighted by molar-refractivity contribution is 5.67. The van der Waals surface area contributed by atoms with E-state index in [1.807, 2.05) is 36.4 Å². The summed E-state index contributed by atoms with van der Waals surface area (Å²) in [5.41, 5.74) is 1.57. The van der Waals surface area contributed by atoms with Gasteiger partial charge in [-0.25, -0.2) is 9.18 Å². The van der Waals surface area contributed by atoms with Gasteiger partial charge in [0.2, 0.25) is 0 Å². The van der Waals surface area contributed by atoms with Crippen molar-refractivity contribution in [1.82, 2.24) is 10.2 Å². The van der Waals surface area contributed by atoms with Crippen molar-refractivity contribution < 1.29 is 18.7 Å². The Labute approximate surface area is 152 Å². The van der Waals surface area contributed by atoms with Gasteiger partial charge < -0.3 is 19.7 Å². The number of morpholine rings is 1. The van der Waals surface area contributed by atoms with Gasteiger partial charge in [0.15, 0.2) is 0 Å². The number of halogens is 1. The number of carbonyl (C=O) groups excluding carboxylic acids is 1. The Hall–Kier alpha value is -2.44. The molecule has 1 heterocycles. The Bertz CT molecular complexity index is 711. The number of nitrogens with one attached hydrogen (secondary N) is 1. The van der Waals surface area contributed by atoms with Gasteiger partial charge in [0.1, 0.15) is 12.4 Å². The molecule has 0 saturated carbocycles. The highest BCUT2D eigenvalue weighted by atomic mass is 19.1. The lowest BCUT2D eigenvalue weighted by Gasteiger charge is -2.32. The van der Waals surface area contributed by atoms with E-state index in [1.54, 1.807) is 17.0 Å². The van der Waals surface area contributed by atoms with Gasteiger partial charge in [-0.2, -0.15) is 0 Å². The highest BCUT2D eigenvalue weighted by Crippen LogP contribution is 2.10. The minimum Gasteiger partial charge on any atom is -0.445 e. The number of amides is 1. The number of nitrogens with zero attached hydrogens (tertiary/aromatic N) is 1. The van der Waals surface area contributed by atoms with Crippen molar-refractivity contribution in [3.05, 3.63) is 71.5 Å². The maximum Gasteiger partial charge on any atom is 0.410 e. The minimum atomic E-state index is -0.337. The Morgan fingerprint density at radius 1 is 1.19 bits per heavy atom. The summed E-state index contributed by atoms with van der Waals surface area (Å²) in [6, 6.07) is 16.3. The highest BCUT2D eigenvalue weighted by Gasteiger charge is 2.25. The Kier molecular flexibility index (Phi) is 6.57. The molecule has 26 heavy (non-hydrogen) atoms. The number of ether oxygens (including phenoxy) is 2. The van der Waals surface area contributed by atoms with Crippen molar-refractivity contribution >= 4 is 6.09 Å². The molecule has 1 fully saturated rings. The molecule has 5 nitrogen and oxygen atoms in total. The SMILES string of the molecule is O=C(OCc1ccccc1)N1CCOC(CNCc2ccccc2F)C1. The van der Waals surface area contributed by atoms with Crippen LogP contribution in [0.2, 0.25) is 0 Å². The average Bonchev–Trinajstić information content (AvgIpc) is 2.69. The van der Waals surface area contributed by atoms with Crippen molar-refractivity contribution in [2.24, 2.45) is 0 Å². The Morgan fingerprint density at radius 3 is 2.77 bits per heavy atom. The van der Waals surface area contributed by atoms with Crippen molar-refractivity contribution in [2.75, 3.05) is 26.2 Å². The molecular weight excluding hydrogens is 335 g/mol. The standard InChI is InChI=1S/C20H23FN2O3/c21-19-9-5-4-8-17(19)12-22-13-18-14-23(10-11-25-18)20(24)26-15-16-6-2-1-3-7-16/h1-9,18,22H,10-15H2. The first-order chi connectivity index (χ1) is 12.7. The van der Waals surface area contributed by atoms with E-state index in [0.29, 0.717) is 38.3 Å². The maximum atomic E-state index is 13.6. The molecule has 2 aromatic carbocycles. The first kappa shape index (κ1) is 18.4. The summed E-state index contributed by atoms with van der Waals surface area (Å²) in [4.78, 5) is 13.9. The molecule has 3 rings (SSSR count). The van der Waals surface area contributed by atoms with E-state index in [9.17, 15) is 9.18 Å². The molecule has 2 aromatic rings. The second-order valence-corrected chi connectivity index (χ2v) is 6.20. The van der Waals surface area contributed by atoms with E-state index in [2.05, 4.69) is 5.32 Å². The van der Waals surface area contributed by atoms with Crippen molar-refractivity contribution in [1.29, 1.82) is 0 Å². The van der Waals surface area contributed by atoms with Crippen LogP contribution in [0, 0.1) is 5.82 Å². The number of benzene rings is 2. The maximum absolute atomic E-state index is 13.6. The zero-order chi connectivity index (χ0) is 18.2. The molecule has 1 unspecified atom stereocenters. The van der Waals surface area contributed by atoms with E-state index in [-0.39, 0.29) is 24.6 Å². The van der Waals surface area contributed by atoms with Gasteiger partial charge in [0.05, 0.1) is 19.3 Å². The molecule has 0 aromatic heterocycles. The summed E-state index contributed by atoms with van der Waals surface area (Å²) in [6.07, 6.45) is -0.476. The fraction of sp³-hybridized carbons (Fsp3) is 0.350. The van der Waals surface area contributed by atoms with Gasteiger partial charge in [0.25, 0.3) is 0 Å². The second kappa shape index (κ2) is 9.31. The summed E-state index contributed by atoms with van der Waals surface area (Å²) in [6.45, 7) is 2.65. The van der Waals surface area contributed by atoms with Gasteiger partial charge >= 0.3 is 6.09 Å². The topological polar surface area (TPSA) is 50.8 Å². The predicted octanol–water partition coefficient (Wildman–Crippen LogP) is 2.95. The summed E-state index contributed by atoms with van der Waals surface area (Å²) in [5, 5.41) is 3.19. The summed E-state index contributed by atoms with van der Waals surface area (Å²) >= 11 is 0. The van der Waals surface area contributed by atoms with Crippen LogP contribution in [-0.4, -0.2) is 43.3 Å². The zero-order valence-electron chi connectivity index (χ0n) is 14.6. The molecule has 1 aliphatic heterocycles. The quantitative estimate of drug-likeness (QED) is 0.863. The van der Waals surface area contributed by atoms with E-state index >= 15 is 0 Å². The lowest BCUT2D eigenvalue weighted by Crippen LogP contribution is -2.49. The number of carbonyl (C=O) groups is 1. The molecular formula is C20H23FN2O3. The van der Waals surface area contributed by atoms with Crippen LogP contribution in [0.3, 0.4) is 0 Å². The Balaban J connectivity index is 1.42. The van der Waals surface area contributed by atoms with Gasteiger partial charge in [-0.05, 0) is 11.6 Å². The smallest absolute Gasteiger partial charge is 0.410 e. The van der Waals surface area contributed by atoms with Crippen LogP contribution in [0.4, 0.5) is 9.18 Å². The van der Waals surface area contributed by atoms with Crippen LogP contribution in [-0.2, 0) is 22.6 Å². The molecule has 6 heteroatoms. The third-order valence-corrected chi connectivity index (χ3v) is 4.25. The van der Waals surface area contributed by atoms with Crippen LogP contribution in [0.15, 0.2) is 54.6 Å². The van der Waals surface area contributed by atoms with E-state index < -0.39 is 0 Å². The number of hydrogen-bond donors (Lipinski definition) is 1. The fourth-order valence-electron chi connectivity index (χ4n) is 2.83. The third-order valence-electron chi connectivity index (χ3n) is 4.25. The first-order valence-corrected chi connectivity index (χ1v) is 8.74. The van der Waals surface area contributed by atoms with Gasteiger partial charge in [-0.3, -0.25) is 0 Å². The molecule has 0 bridgehead atoms. The van der Waals surface area contributed by atoms with Crippen LogP contribution < -0.4 is 5.32 Å². The molecule has 0 aliphatic carbocycles. The van der Waals surface area contributed by atoms with Crippen LogP contribution in [0.25, 0.3) is 0 Å². The molecule has 1 N–H and O–H groups in total. The van der Waals surface area contributed by atoms with E-state index in [4.69, 9.17) is 9.47 Å². The van der Waals surface area contributed by atoms with Crippen LogP contribution in [0.1, 0.15) is 11.1 Å². The number of hydrogen-bond acceptors (Lipinski definition) is 4. The first-order valence-electron chi connectivity index (χ1n) is 8.74. The number of rotatable bonds is 6. The average molecular weight is 358 g/mol. The summed E-state index contributed by atoms with van der Waals surface area (Å²) < 4.78 is 24.7. The third kappa shape index (κ3) is 5.28. The largest absolute Gasteiger partial charge is 0.445 e. The van der Waals surface area contributed by atoms with Crippen molar-refractivity contribution in [3.63, 3.8) is 0 Å². The van der Waals surface area contributed by atoms with Crippen LogP contribution >= 0.6 is 0 Å².